The van der Waals surface area contributed by atoms with E-state index in [2.05, 4.69) is 5.32 Å². The van der Waals surface area contributed by atoms with Gasteiger partial charge in [0.05, 0.1) is 17.2 Å². The maximum absolute atomic E-state index is 11.9. The summed E-state index contributed by atoms with van der Waals surface area (Å²) in [7, 11) is 0. The van der Waals surface area contributed by atoms with Crippen molar-refractivity contribution < 1.29 is 29.0 Å². The molecule has 0 heterocycles. The predicted octanol–water partition coefficient (Wildman–Crippen LogP) is 2.75. The molecule has 0 spiro atoms. The van der Waals surface area contributed by atoms with E-state index >= 15 is 0 Å². The van der Waals surface area contributed by atoms with Crippen LogP contribution in [-0.4, -0.2) is 35.7 Å². The fourth-order valence-electron chi connectivity index (χ4n) is 2.02. The molecule has 0 saturated heterocycles. The number of anilines is 1. The van der Waals surface area contributed by atoms with Gasteiger partial charge in [-0.3, -0.25) is 4.79 Å². The SMILES string of the molecule is CC(C)OC(=O)c1ccc(NC(=O)COC(=O)c2cccc(O)c2)cc1. The lowest BCUT2D eigenvalue weighted by molar-refractivity contribution is -0.119. The number of hydrogen-bond donors (Lipinski definition) is 2. The minimum atomic E-state index is -0.720. The van der Waals surface area contributed by atoms with Crippen LogP contribution in [-0.2, 0) is 14.3 Å². The Morgan fingerprint density at radius 1 is 1.00 bits per heavy atom. The molecule has 0 bridgehead atoms. The van der Waals surface area contributed by atoms with Crippen LogP contribution in [0.4, 0.5) is 5.69 Å². The van der Waals surface area contributed by atoms with Crippen molar-refractivity contribution in [3.8, 4) is 5.75 Å². The molecule has 0 unspecified atom stereocenters. The molecule has 2 N–H and O–H groups in total. The van der Waals surface area contributed by atoms with Crippen molar-refractivity contribution in [3.05, 3.63) is 59.7 Å². The van der Waals surface area contributed by atoms with Gasteiger partial charge in [-0.1, -0.05) is 6.07 Å². The van der Waals surface area contributed by atoms with Crippen LogP contribution in [0.15, 0.2) is 48.5 Å². The number of amides is 1. The monoisotopic (exact) mass is 357 g/mol. The molecule has 0 aliphatic carbocycles. The van der Waals surface area contributed by atoms with Crippen molar-refractivity contribution in [3.63, 3.8) is 0 Å². The molecule has 2 aromatic carbocycles. The van der Waals surface area contributed by atoms with Gasteiger partial charge in [-0.05, 0) is 56.3 Å². The van der Waals surface area contributed by atoms with Gasteiger partial charge in [0.2, 0.25) is 0 Å². The Labute approximate surface area is 150 Å². The summed E-state index contributed by atoms with van der Waals surface area (Å²) in [6, 6.07) is 11.8. The number of aromatic hydroxyl groups is 1. The zero-order valence-corrected chi connectivity index (χ0v) is 14.4. The zero-order valence-electron chi connectivity index (χ0n) is 14.4. The van der Waals surface area contributed by atoms with E-state index in [9.17, 15) is 19.5 Å². The second-order valence-corrected chi connectivity index (χ2v) is 5.71. The number of ether oxygens (including phenoxy) is 2. The normalized spacial score (nSPS) is 10.3. The van der Waals surface area contributed by atoms with Crippen LogP contribution >= 0.6 is 0 Å². The molecular weight excluding hydrogens is 338 g/mol. The molecule has 136 valence electrons. The Hall–Kier alpha value is -3.35. The highest BCUT2D eigenvalue weighted by atomic mass is 16.5. The Morgan fingerprint density at radius 3 is 2.31 bits per heavy atom. The number of phenols is 1. The summed E-state index contributed by atoms with van der Waals surface area (Å²) >= 11 is 0. The summed E-state index contributed by atoms with van der Waals surface area (Å²) in [4.78, 5) is 35.4. The topological polar surface area (TPSA) is 102 Å². The largest absolute Gasteiger partial charge is 0.508 e. The van der Waals surface area contributed by atoms with Crippen molar-refractivity contribution in [2.75, 3.05) is 11.9 Å². The first-order valence-corrected chi connectivity index (χ1v) is 7.92. The summed E-state index contributed by atoms with van der Waals surface area (Å²) in [6.07, 6.45) is -0.219. The van der Waals surface area contributed by atoms with Gasteiger partial charge in [0.1, 0.15) is 5.75 Å². The van der Waals surface area contributed by atoms with Crippen LogP contribution in [0.1, 0.15) is 34.6 Å². The molecule has 7 nitrogen and oxygen atoms in total. The molecular formula is C19H19NO6. The highest BCUT2D eigenvalue weighted by Crippen LogP contribution is 2.13. The van der Waals surface area contributed by atoms with E-state index in [0.717, 1.165) is 0 Å². The average Bonchev–Trinajstić information content (AvgIpc) is 2.59. The minimum absolute atomic E-state index is 0.0695. The molecule has 2 rings (SSSR count). The van der Waals surface area contributed by atoms with Crippen LogP contribution in [0, 0.1) is 0 Å². The predicted molar refractivity (Wildman–Crippen MR) is 94.0 cm³/mol. The summed E-state index contributed by atoms with van der Waals surface area (Å²) in [5, 5.41) is 11.9. The number of nitrogens with one attached hydrogen (secondary N) is 1. The third kappa shape index (κ3) is 5.62. The number of benzene rings is 2. The van der Waals surface area contributed by atoms with Crippen molar-refractivity contribution >= 4 is 23.5 Å². The lowest BCUT2D eigenvalue weighted by Gasteiger charge is -2.09. The second kappa shape index (κ2) is 8.66. The number of hydrogen-bond acceptors (Lipinski definition) is 6. The number of esters is 2. The number of carbonyl (C=O) groups is 3. The molecule has 0 radical (unpaired) electrons. The molecule has 0 aliphatic heterocycles. The number of phenolic OH excluding ortho intramolecular Hbond substituents is 1. The molecule has 7 heteroatoms. The average molecular weight is 357 g/mol. The van der Waals surface area contributed by atoms with E-state index in [0.29, 0.717) is 11.3 Å². The van der Waals surface area contributed by atoms with Crippen molar-refractivity contribution in [2.24, 2.45) is 0 Å². The fraction of sp³-hybridized carbons (Fsp3) is 0.211. The first kappa shape index (κ1) is 19.0. The van der Waals surface area contributed by atoms with E-state index in [1.807, 2.05) is 0 Å². The van der Waals surface area contributed by atoms with Gasteiger partial charge in [0, 0.05) is 5.69 Å². The fourth-order valence-corrected chi connectivity index (χ4v) is 2.02. The van der Waals surface area contributed by atoms with Crippen LogP contribution < -0.4 is 5.32 Å². The van der Waals surface area contributed by atoms with E-state index < -0.39 is 24.5 Å². The lowest BCUT2D eigenvalue weighted by atomic mass is 10.2. The molecule has 26 heavy (non-hydrogen) atoms. The highest BCUT2D eigenvalue weighted by molar-refractivity contribution is 5.96. The van der Waals surface area contributed by atoms with E-state index in [1.54, 1.807) is 26.0 Å². The van der Waals surface area contributed by atoms with E-state index in [-0.39, 0.29) is 17.4 Å². The van der Waals surface area contributed by atoms with Gasteiger partial charge in [-0.2, -0.15) is 0 Å². The first-order chi connectivity index (χ1) is 12.3. The standard InChI is InChI=1S/C19H19NO6/c1-12(2)26-19(24)13-6-8-15(9-7-13)20-17(22)11-25-18(23)14-4-3-5-16(21)10-14/h3-10,12,21H,11H2,1-2H3,(H,20,22). The molecule has 2 aromatic rings. The smallest absolute Gasteiger partial charge is 0.338 e. The first-order valence-electron chi connectivity index (χ1n) is 7.92. The highest BCUT2D eigenvalue weighted by Gasteiger charge is 2.12. The van der Waals surface area contributed by atoms with Gasteiger partial charge in [0.25, 0.3) is 5.91 Å². The summed E-state index contributed by atoms with van der Waals surface area (Å²) < 4.78 is 9.96. The zero-order chi connectivity index (χ0) is 19.1. The van der Waals surface area contributed by atoms with Crippen molar-refractivity contribution in [2.45, 2.75) is 20.0 Å². The van der Waals surface area contributed by atoms with Crippen molar-refractivity contribution in [1.29, 1.82) is 0 Å². The second-order valence-electron chi connectivity index (χ2n) is 5.71. The Balaban J connectivity index is 1.86. The third-order valence-electron chi connectivity index (χ3n) is 3.16. The third-order valence-corrected chi connectivity index (χ3v) is 3.16. The maximum atomic E-state index is 11.9. The Bertz CT molecular complexity index is 798. The van der Waals surface area contributed by atoms with Crippen LogP contribution in [0.5, 0.6) is 5.75 Å². The van der Waals surface area contributed by atoms with Crippen LogP contribution in [0.3, 0.4) is 0 Å². The molecule has 0 aliphatic rings. The number of carbonyl (C=O) groups excluding carboxylic acids is 3. The van der Waals surface area contributed by atoms with Gasteiger partial charge in [-0.15, -0.1) is 0 Å². The molecule has 1 amide bonds. The van der Waals surface area contributed by atoms with Gasteiger partial charge in [-0.25, -0.2) is 9.59 Å². The molecule has 0 atom stereocenters. The number of rotatable bonds is 6. The van der Waals surface area contributed by atoms with E-state index in [4.69, 9.17) is 9.47 Å². The quantitative estimate of drug-likeness (QED) is 0.771. The maximum Gasteiger partial charge on any atom is 0.338 e. The summed E-state index contributed by atoms with van der Waals surface area (Å²) in [6.45, 7) is 3.03. The Morgan fingerprint density at radius 2 is 1.69 bits per heavy atom. The van der Waals surface area contributed by atoms with Crippen LogP contribution in [0.25, 0.3) is 0 Å². The molecule has 0 fully saturated rings. The molecule has 0 aromatic heterocycles. The van der Waals surface area contributed by atoms with Gasteiger partial charge in [0.15, 0.2) is 6.61 Å². The van der Waals surface area contributed by atoms with Gasteiger partial charge < -0.3 is 19.9 Å². The molecule has 0 saturated carbocycles. The van der Waals surface area contributed by atoms with E-state index in [1.165, 1.54) is 36.4 Å². The van der Waals surface area contributed by atoms with Crippen LogP contribution in [0.2, 0.25) is 0 Å². The lowest BCUT2D eigenvalue weighted by Crippen LogP contribution is -2.21. The van der Waals surface area contributed by atoms with Gasteiger partial charge >= 0.3 is 11.9 Å². The Kier molecular flexibility index (Phi) is 6.32. The van der Waals surface area contributed by atoms with Crippen molar-refractivity contribution in [1.82, 2.24) is 0 Å². The summed E-state index contributed by atoms with van der Waals surface area (Å²) in [5.41, 5.74) is 0.960. The summed E-state index contributed by atoms with van der Waals surface area (Å²) in [5.74, 6) is -1.77. The minimum Gasteiger partial charge on any atom is -0.508 e.